The average Bonchev–Trinajstić information content (AvgIpc) is 2.27. The van der Waals surface area contributed by atoms with Gasteiger partial charge in [-0.05, 0) is 37.1 Å². The van der Waals surface area contributed by atoms with Crippen LogP contribution in [0, 0.1) is 13.8 Å². The van der Waals surface area contributed by atoms with Crippen molar-refractivity contribution < 1.29 is 9.84 Å². The molecule has 3 heteroatoms. The predicted molar refractivity (Wildman–Crippen MR) is 65.0 cm³/mol. The van der Waals surface area contributed by atoms with Gasteiger partial charge < -0.3 is 14.7 Å². The molecule has 0 amide bonds. The zero-order valence-corrected chi connectivity index (χ0v) is 9.94. The van der Waals surface area contributed by atoms with Crippen LogP contribution in [0.5, 0.6) is 0 Å². The van der Waals surface area contributed by atoms with Gasteiger partial charge in [0.15, 0.2) is 0 Å². The van der Waals surface area contributed by atoms with Crippen molar-refractivity contribution in [3.63, 3.8) is 0 Å². The van der Waals surface area contributed by atoms with E-state index in [0.29, 0.717) is 6.61 Å². The Bertz CT molecular complexity index is 345. The summed E-state index contributed by atoms with van der Waals surface area (Å²) in [5.41, 5.74) is 3.72. The minimum Gasteiger partial charge on any atom is -0.394 e. The Labute approximate surface area is 96.6 Å². The van der Waals surface area contributed by atoms with Crippen LogP contribution < -0.4 is 4.90 Å². The second-order valence-electron chi connectivity index (χ2n) is 4.45. The number of benzene rings is 1. The average molecular weight is 221 g/mol. The van der Waals surface area contributed by atoms with Gasteiger partial charge in [0.25, 0.3) is 0 Å². The quantitative estimate of drug-likeness (QED) is 0.821. The number of hydrogen-bond acceptors (Lipinski definition) is 3. The fourth-order valence-corrected chi connectivity index (χ4v) is 2.26. The highest BCUT2D eigenvalue weighted by Crippen LogP contribution is 2.22. The Hall–Kier alpha value is -1.06. The number of nitrogens with zero attached hydrogens (tertiary/aromatic N) is 1. The highest BCUT2D eigenvalue weighted by molar-refractivity contribution is 5.52. The molecule has 0 radical (unpaired) electrons. The van der Waals surface area contributed by atoms with Gasteiger partial charge in [-0.15, -0.1) is 0 Å². The van der Waals surface area contributed by atoms with Gasteiger partial charge in [0.05, 0.1) is 25.9 Å². The van der Waals surface area contributed by atoms with E-state index in [1.165, 1.54) is 16.8 Å². The Morgan fingerprint density at radius 3 is 2.62 bits per heavy atom. The van der Waals surface area contributed by atoms with Gasteiger partial charge in [0.2, 0.25) is 0 Å². The summed E-state index contributed by atoms with van der Waals surface area (Å²) >= 11 is 0. The maximum Gasteiger partial charge on any atom is 0.0755 e. The largest absolute Gasteiger partial charge is 0.394 e. The molecular formula is C13H19NO2. The molecule has 2 rings (SSSR count). The maximum atomic E-state index is 9.34. The molecule has 1 aliphatic rings. The Morgan fingerprint density at radius 2 is 2.00 bits per heavy atom. The maximum absolute atomic E-state index is 9.34. The lowest BCUT2D eigenvalue weighted by molar-refractivity contribution is 0.0727. The number of aliphatic hydroxyl groups excluding tert-OH is 1. The molecule has 3 nitrogen and oxygen atoms in total. The molecule has 0 bridgehead atoms. The molecule has 16 heavy (non-hydrogen) atoms. The van der Waals surface area contributed by atoms with E-state index in [2.05, 4.69) is 36.9 Å². The number of hydrogen-bond donors (Lipinski definition) is 1. The summed E-state index contributed by atoms with van der Waals surface area (Å²) in [4.78, 5) is 2.24. The number of rotatable bonds is 2. The van der Waals surface area contributed by atoms with E-state index < -0.39 is 0 Å². The molecule has 1 atom stereocenters. The van der Waals surface area contributed by atoms with E-state index in [0.717, 1.165) is 13.2 Å². The predicted octanol–water partition coefficient (Wildman–Crippen LogP) is 1.50. The van der Waals surface area contributed by atoms with Crippen LogP contribution in [0.2, 0.25) is 0 Å². The van der Waals surface area contributed by atoms with E-state index in [1.54, 1.807) is 0 Å². The van der Waals surface area contributed by atoms with Crippen LogP contribution in [0.3, 0.4) is 0 Å². The second kappa shape index (κ2) is 4.85. The van der Waals surface area contributed by atoms with Crippen molar-refractivity contribution in [3.05, 3.63) is 29.3 Å². The van der Waals surface area contributed by atoms with Gasteiger partial charge in [0.1, 0.15) is 0 Å². The van der Waals surface area contributed by atoms with Crippen molar-refractivity contribution in [3.8, 4) is 0 Å². The van der Waals surface area contributed by atoms with Gasteiger partial charge >= 0.3 is 0 Å². The first-order valence-corrected chi connectivity index (χ1v) is 5.74. The first kappa shape index (κ1) is 11.4. The Balaban J connectivity index is 2.26. The minimum atomic E-state index is 0.0925. The first-order chi connectivity index (χ1) is 7.70. The summed E-state index contributed by atoms with van der Waals surface area (Å²) in [6.07, 6.45) is 0. The molecule has 0 aromatic heterocycles. The monoisotopic (exact) mass is 221 g/mol. The fourth-order valence-electron chi connectivity index (χ4n) is 2.26. The molecule has 0 saturated carbocycles. The Kier molecular flexibility index (Phi) is 3.46. The van der Waals surface area contributed by atoms with E-state index in [1.807, 2.05) is 0 Å². The van der Waals surface area contributed by atoms with Crippen molar-refractivity contribution in [1.29, 1.82) is 0 Å². The van der Waals surface area contributed by atoms with Crippen molar-refractivity contribution in [1.82, 2.24) is 0 Å². The highest BCUT2D eigenvalue weighted by atomic mass is 16.5. The highest BCUT2D eigenvalue weighted by Gasteiger charge is 2.22. The molecule has 1 saturated heterocycles. The van der Waals surface area contributed by atoms with Crippen molar-refractivity contribution >= 4 is 5.69 Å². The van der Waals surface area contributed by atoms with E-state index in [4.69, 9.17) is 4.74 Å². The fraction of sp³-hybridized carbons (Fsp3) is 0.538. The van der Waals surface area contributed by atoms with E-state index >= 15 is 0 Å². The van der Waals surface area contributed by atoms with Crippen LogP contribution in [-0.4, -0.2) is 37.5 Å². The molecule has 1 fully saturated rings. The lowest BCUT2D eigenvalue weighted by Crippen LogP contribution is -2.47. The second-order valence-corrected chi connectivity index (χ2v) is 4.45. The molecule has 1 heterocycles. The summed E-state index contributed by atoms with van der Waals surface area (Å²) < 4.78 is 5.38. The molecule has 1 unspecified atom stereocenters. The lowest BCUT2D eigenvalue weighted by atomic mass is 10.1. The summed E-state index contributed by atoms with van der Waals surface area (Å²) in [6.45, 7) is 6.56. The SMILES string of the molecule is Cc1cc(C)cc(N2CCOCC2CO)c1. The molecule has 1 aromatic rings. The molecule has 0 aliphatic carbocycles. The van der Waals surface area contributed by atoms with Gasteiger partial charge in [-0.25, -0.2) is 0 Å². The summed E-state index contributed by atoms with van der Waals surface area (Å²) in [5, 5.41) is 9.34. The molecular weight excluding hydrogens is 202 g/mol. The topological polar surface area (TPSA) is 32.7 Å². The van der Waals surface area contributed by atoms with Gasteiger partial charge in [-0.3, -0.25) is 0 Å². The van der Waals surface area contributed by atoms with Gasteiger partial charge in [-0.2, -0.15) is 0 Å². The van der Waals surface area contributed by atoms with Crippen LogP contribution in [0.15, 0.2) is 18.2 Å². The zero-order chi connectivity index (χ0) is 11.5. The summed E-state index contributed by atoms with van der Waals surface area (Å²) in [7, 11) is 0. The number of morpholine rings is 1. The number of aliphatic hydroxyl groups is 1. The smallest absolute Gasteiger partial charge is 0.0755 e. The Morgan fingerprint density at radius 1 is 1.31 bits per heavy atom. The van der Waals surface area contributed by atoms with E-state index in [-0.39, 0.29) is 12.6 Å². The van der Waals surface area contributed by atoms with E-state index in [9.17, 15) is 5.11 Å². The van der Waals surface area contributed by atoms with Crippen molar-refractivity contribution in [2.24, 2.45) is 0 Å². The third-order valence-electron chi connectivity index (χ3n) is 2.98. The number of ether oxygens (including phenoxy) is 1. The first-order valence-electron chi connectivity index (χ1n) is 5.74. The minimum absolute atomic E-state index is 0.0925. The number of anilines is 1. The van der Waals surface area contributed by atoms with Crippen LogP contribution in [0.4, 0.5) is 5.69 Å². The third-order valence-corrected chi connectivity index (χ3v) is 2.98. The van der Waals surface area contributed by atoms with Crippen molar-refractivity contribution in [2.75, 3.05) is 31.3 Å². The normalized spacial score (nSPS) is 21.2. The third kappa shape index (κ3) is 2.36. The number of aryl methyl sites for hydroxylation is 2. The van der Waals surface area contributed by atoms with Crippen LogP contribution in [0.1, 0.15) is 11.1 Å². The summed E-state index contributed by atoms with van der Waals surface area (Å²) in [6, 6.07) is 6.59. The molecule has 1 aromatic carbocycles. The van der Waals surface area contributed by atoms with Crippen molar-refractivity contribution in [2.45, 2.75) is 19.9 Å². The summed E-state index contributed by atoms with van der Waals surface area (Å²) in [5.74, 6) is 0. The molecule has 1 aliphatic heterocycles. The molecule has 1 N–H and O–H groups in total. The lowest BCUT2D eigenvalue weighted by Gasteiger charge is -2.36. The van der Waals surface area contributed by atoms with Gasteiger partial charge in [-0.1, -0.05) is 6.07 Å². The standard InChI is InChI=1S/C13H19NO2/c1-10-5-11(2)7-12(6-10)14-3-4-16-9-13(14)8-15/h5-7,13,15H,3-4,8-9H2,1-2H3. The van der Waals surface area contributed by atoms with Crippen LogP contribution in [-0.2, 0) is 4.74 Å². The molecule has 88 valence electrons. The van der Waals surface area contributed by atoms with Crippen LogP contribution >= 0.6 is 0 Å². The van der Waals surface area contributed by atoms with Crippen LogP contribution in [0.25, 0.3) is 0 Å². The van der Waals surface area contributed by atoms with Gasteiger partial charge in [0, 0.05) is 12.2 Å². The molecule has 0 spiro atoms. The zero-order valence-electron chi connectivity index (χ0n) is 9.94.